The van der Waals surface area contributed by atoms with Crippen molar-refractivity contribution in [2.75, 3.05) is 0 Å². The van der Waals surface area contributed by atoms with Crippen molar-refractivity contribution in [1.82, 2.24) is 0 Å². The molecule has 132 valence electrons. The Morgan fingerprint density at radius 1 is 1.04 bits per heavy atom. The van der Waals surface area contributed by atoms with E-state index in [9.17, 15) is 23.1 Å². The van der Waals surface area contributed by atoms with Gasteiger partial charge in [-0.2, -0.15) is 13.2 Å². The molecule has 0 bridgehead atoms. The summed E-state index contributed by atoms with van der Waals surface area (Å²) in [5, 5.41) is 18.1. The van der Waals surface area contributed by atoms with Crippen LogP contribution in [0.15, 0.2) is 36.4 Å². The molecule has 0 aliphatic heterocycles. The largest absolute Gasteiger partial charge is 0.508 e. The fraction of sp³-hybridized carbons (Fsp3) is 0.211. The molecule has 2 N–H and O–H groups in total. The second-order valence-electron chi connectivity index (χ2n) is 4.81. The minimum absolute atomic E-state index is 0.108. The summed E-state index contributed by atoms with van der Waals surface area (Å²) in [6, 6.07) is 7.09. The van der Waals surface area contributed by atoms with Gasteiger partial charge in [0.25, 0.3) is 0 Å². The number of phenols is 1. The maximum atomic E-state index is 12.9. The third-order valence-electron chi connectivity index (χ3n) is 3.11. The van der Waals surface area contributed by atoms with Gasteiger partial charge in [-0.05, 0) is 48.9 Å². The van der Waals surface area contributed by atoms with Gasteiger partial charge in [0.1, 0.15) is 5.75 Å². The van der Waals surface area contributed by atoms with E-state index in [-0.39, 0.29) is 11.1 Å². The molecule has 2 aromatic rings. The summed E-state index contributed by atoms with van der Waals surface area (Å²) in [6.45, 7) is 5.58. The van der Waals surface area contributed by atoms with Crippen LogP contribution in [0, 0.1) is 18.8 Å². The Balaban J connectivity index is 0.00000151. The molecule has 0 radical (unpaired) electrons. The van der Waals surface area contributed by atoms with Crippen molar-refractivity contribution in [2.24, 2.45) is 0 Å². The van der Waals surface area contributed by atoms with Crippen LogP contribution < -0.4 is 0 Å². The van der Waals surface area contributed by atoms with Crippen LogP contribution in [0.1, 0.15) is 46.5 Å². The average Bonchev–Trinajstić information content (AvgIpc) is 2.54. The van der Waals surface area contributed by atoms with Crippen LogP contribution in [0.5, 0.6) is 5.75 Å². The topological polar surface area (TPSA) is 57.5 Å². The van der Waals surface area contributed by atoms with E-state index < -0.39 is 23.5 Å². The average molecular weight is 350 g/mol. The van der Waals surface area contributed by atoms with E-state index in [1.807, 2.05) is 13.8 Å². The second kappa shape index (κ2) is 8.25. The molecule has 0 aliphatic carbocycles. The first-order valence-electron chi connectivity index (χ1n) is 7.44. The summed E-state index contributed by atoms with van der Waals surface area (Å²) in [7, 11) is 0. The maximum absolute atomic E-state index is 12.9. The van der Waals surface area contributed by atoms with Crippen molar-refractivity contribution in [3.63, 3.8) is 0 Å². The van der Waals surface area contributed by atoms with Gasteiger partial charge in [-0.15, -0.1) is 0 Å². The van der Waals surface area contributed by atoms with E-state index in [0.29, 0.717) is 17.2 Å². The second-order valence-corrected chi connectivity index (χ2v) is 4.81. The predicted octanol–water partition coefficient (Wildman–Crippen LogP) is 4.84. The van der Waals surface area contributed by atoms with Gasteiger partial charge in [-0.1, -0.05) is 25.7 Å². The van der Waals surface area contributed by atoms with E-state index in [4.69, 9.17) is 5.11 Å². The number of hydrogen-bond donors (Lipinski definition) is 2. The molecule has 0 spiro atoms. The highest BCUT2D eigenvalue weighted by atomic mass is 19.4. The molecule has 3 nitrogen and oxygen atoms in total. The van der Waals surface area contributed by atoms with Crippen LogP contribution in [0.3, 0.4) is 0 Å². The summed E-state index contributed by atoms with van der Waals surface area (Å²) in [5.74, 6) is 3.41. The normalized spacial score (nSPS) is 10.2. The smallest absolute Gasteiger partial charge is 0.417 e. The monoisotopic (exact) mass is 350 g/mol. The standard InChI is InChI=1S/C17H11F3O3.C2H6/c1-10-8-11(3-7-14(10)16(22)23)2-4-12-5-6-13(21)9-15(12)17(18,19)20;1-2/h3,5-9,21H,1H3,(H,22,23);1-2H3. The van der Waals surface area contributed by atoms with Crippen LogP contribution in [0.25, 0.3) is 0 Å². The molecule has 6 heteroatoms. The Bertz CT molecular complexity index is 828. The minimum atomic E-state index is -4.63. The van der Waals surface area contributed by atoms with Crippen molar-refractivity contribution in [2.45, 2.75) is 26.9 Å². The number of aryl methyl sites for hydroxylation is 1. The maximum Gasteiger partial charge on any atom is 0.417 e. The highest BCUT2D eigenvalue weighted by Gasteiger charge is 2.33. The van der Waals surface area contributed by atoms with Crippen LogP contribution >= 0.6 is 0 Å². The predicted molar refractivity (Wildman–Crippen MR) is 88.6 cm³/mol. The highest BCUT2D eigenvalue weighted by Crippen LogP contribution is 2.33. The Kier molecular flexibility index (Phi) is 6.63. The molecule has 2 rings (SSSR count). The first kappa shape index (κ1) is 20.1. The van der Waals surface area contributed by atoms with Crippen molar-refractivity contribution in [3.8, 4) is 17.6 Å². The SMILES string of the molecule is CC.Cc1cc(C#Cc2ccc(O)cc2C(F)(F)F)ccc1C(=O)O. The molecule has 2 aromatic carbocycles. The Morgan fingerprint density at radius 2 is 1.68 bits per heavy atom. The lowest BCUT2D eigenvalue weighted by Crippen LogP contribution is -2.07. The fourth-order valence-corrected chi connectivity index (χ4v) is 2.00. The molecule has 0 atom stereocenters. The number of aromatic carboxylic acids is 1. The number of phenolic OH excluding ortho intramolecular Hbond substituents is 1. The number of aromatic hydroxyl groups is 1. The van der Waals surface area contributed by atoms with Crippen LogP contribution in [-0.2, 0) is 6.18 Å². The zero-order chi connectivity index (χ0) is 19.2. The van der Waals surface area contributed by atoms with Gasteiger partial charge in [-0.25, -0.2) is 4.79 Å². The van der Waals surface area contributed by atoms with Crippen LogP contribution in [0.4, 0.5) is 13.2 Å². The van der Waals surface area contributed by atoms with Gasteiger partial charge in [0, 0.05) is 11.1 Å². The number of alkyl halides is 3. The minimum Gasteiger partial charge on any atom is -0.508 e. The molecule has 0 saturated carbocycles. The zero-order valence-electron chi connectivity index (χ0n) is 13.9. The molecule has 0 heterocycles. The molecule has 0 fully saturated rings. The van der Waals surface area contributed by atoms with Crippen molar-refractivity contribution < 1.29 is 28.2 Å². The summed E-state index contributed by atoms with van der Waals surface area (Å²) in [6.07, 6.45) is -4.63. The van der Waals surface area contributed by atoms with Crippen molar-refractivity contribution >= 4 is 5.97 Å². The third-order valence-corrected chi connectivity index (χ3v) is 3.11. The zero-order valence-corrected chi connectivity index (χ0v) is 13.9. The molecule has 0 aromatic heterocycles. The Morgan fingerprint density at radius 3 is 2.20 bits per heavy atom. The van der Waals surface area contributed by atoms with Gasteiger partial charge < -0.3 is 10.2 Å². The van der Waals surface area contributed by atoms with E-state index in [2.05, 4.69) is 11.8 Å². The lowest BCUT2D eigenvalue weighted by Gasteiger charge is -2.09. The first-order valence-corrected chi connectivity index (χ1v) is 7.44. The molecule has 0 saturated heterocycles. The van der Waals surface area contributed by atoms with Gasteiger partial charge in [0.2, 0.25) is 0 Å². The lowest BCUT2D eigenvalue weighted by molar-refractivity contribution is -0.137. The van der Waals surface area contributed by atoms with Crippen LogP contribution in [-0.4, -0.2) is 16.2 Å². The lowest BCUT2D eigenvalue weighted by atomic mass is 10.0. The van der Waals surface area contributed by atoms with Crippen LogP contribution in [0.2, 0.25) is 0 Å². The third kappa shape index (κ3) is 5.28. The molecular weight excluding hydrogens is 333 g/mol. The van der Waals surface area contributed by atoms with E-state index >= 15 is 0 Å². The Labute approximate surface area is 143 Å². The summed E-state index contributed by atoms with van der Waals surface area (Å²) >= 11 is 0. The molecule has 0 aliphatic rings. The fourth-order valence-electron chi connectivity index (χ4n) is 2.00. The number of rotatable bonds is 1. The number of hydrogen-bond acceptors (Lipinski definition) is 2. The van der Waals surface area contributed by atoms with E-state index in [1.165, 1.54) is 18.2 Å². The summed E-state index contributed by atoms with van der Waals surface area (Å²) < 4.78 is 38.7. The van der Waals surface area contributed by atoms with Gasteiger partial charge in [-0.3, -0.25) is 0 Å². The number of carboxylic acids is 1. The molecular formula is C19H17F3O3. The van der Waals surface area contributed by atoms with E-state index in [0.717, 1.165) is 12.1 Å². The first-order chi connectivity index (χ1) is 11.7. The molecule has 0 unspecified atom stereocenters. The van der Waals surface area contributed by atoms with Gasteiger partial charge in [0.05, 0.1) is 11.1 Å². The summed E-state index contributed by atoms with van der Waals surface area (Å²) in [4.78, 5) is 10.9. The van der Waals surface area contributed by atoms with Gasteiger partial charge in [0.15, 0.2) is 0 Å². The molecule has 25 heavy (non-hydrogen) atoms. The van der Waals surface area contributed by atoms with Gasteiger partial charge >= 0.3 is 12.1 Å². The molecule has 0 amide bonds. The number of carboxylic acid groups (broad SMARTS) is 1. The van der Waals surface area contributed by atoms with Crippen molar-refractivity contribution in [3.05, 3.63) is 64.2 Å². The van der Waals surface area contributed by atoms with E-state index in [1.54, 1.807) is 6.92 Å². The number of benzene rings is 2. The summed E-state index contributed by atoms with van der Waals surface area (Å²) in [5.41, 5.74) is -0.324. The quantitative estimate of drug-likeness (QED) is 0.723. The van der Waals surface area contributed by atoms with Crippen molar-refractivity contribution in [1.29, 1.82) is 0 Å². The highest BCUT2D eigenvalue weighted by molar-refractivity contribution is 5.89. The number of halogens is 3. The number of carbonyl (C=O) groups is 1. The Hall–Kier alpha value is -2.94.